The topological polar surface area (TPSA) is 75.4 Å². The normalized spacial score (nSPS) is 25.1. The van der Waals surface area contributed by atoms with Crippen LogP contribution in [-0.4, -0.2) is 44.3 Å². The van der Waals surface area contributed by atoms with Gasteiger partial charge in [-0.25, -0.2) is 4.79 Å². The molecule has 3 atom stereocenters. The predicted molar refractivity (Wildman–Crippen MR) is 98.8 cm³/mol. The van der Waals surface area contributed by atoms with Gasteiger partial charge in [0.15, 0.2) is 0 Å². The number of carbonyl (C=O) groups excluding carboxylic acids is 1. The Morgan fingerprint density at radius 2 is 2.00 bits per heavy atom. The quantitative estimate of drug-likeness (QED) is 0.845. The highest BCUT2D eigenvalue weighted by Crippen LogP contribution is 2.42. The Kier molecular flexibility index (Phi) is 5.39. The minimum atomic E-state index is -0.843. The lowest BCUT2D eigenvalue weighted by atomic mass is 9.94. The van der Waals surface area contributed by atoms with Crippen LogP contribution in [0.25, 0.3) is 0 Å². The molecule has 6 nitrogen and oxygen atoms in total. The highest BCUT2D eigenvalue weighted by Gasteiger charge is 2.49. The number of aryl methyl sites for hydroxylation is 1. The van der Waals surface area contributed by atoms with Crippen molar-refractivity contribution in [1.29, 1.82) is 0 Å². The monoisotopic (exact) mass is 361 g/mol. The summed E-state index contributed by atoms with van der Waals surface area (Å²) in [5.41, 5.74) is 3.23. The number of aliphatic carboxylic acids is 1. The van der Waals surface area contributed by atoms with Crippen molar-refractivity contribution in [2.75, 3.05) is 6.54 Å². The number of carboxylic acid groups (broad SMARTS) is 1. The molecule has 1 N–H and O–H groups in total. The van der Waals surface area contributed by atoms with Crippen molar-refractivity contribution in [3.05, 3.63) is 17.0 Å². The third kappa shape index (κ3) is 3.51. The van der Waals surface area contributed by atoms with Crippen LogP contribution in [0.1, 0.15) is 56.5 Å². The molecule has 1 saturated heterocycles. The summed E-state index contributed by atoms with van der Waals surface area (Å²) in [7, 11) is 0. The summed E-state index contributed by atoms with van der Waals surface area (Å²) < 4.78 is 2.03. The molecule has 26 heavy (non-hydrogen) atoms. The first-order valence-corrected chi connectivity index (χ1v) is 9.84. The van der Waals surface area contributed by atoms with E-state index in [2.05, 4.69) is 25.9 Å². The fraction of sp³-hybridized carbons (Fsp3) is 0.750. The Morgan fingerprint density at radius 3 is 2.65 bits per heavy atom. The maximum absolute atomic E-state index is 12.8. The molecule has 0 spiro atoms. The lowest BCUT2D eigenvalue weighted by Crippen LogP contribution is -2.43. The number of aromatic nitrogens is 2. The van der Waals surface area contributed by atoms with E-state index in [1.165, 1.54) is 0 Å². The number of carboxylic acids is 1. The van der Waals surface area contributed by atoms with Crippen LogP contribution in [-0.2, 0) is 22.6 Å². The second kappa shape index (κ2) is 7.41. The van der Waals surface area contributed by atoms with Crippen LogP contribution in [0.3, 0.4) is 0 Å². The first-order valence-electron chi connectivity index (χ1n) is 9.84. The summed E-state index contributed by atoms with van der Waals surface area (Å²) in [5.74, 6) is 0.168. The van der Waals surface area contributed by atoms with E-state index in [0.29, 0.717) is 31.2 Å². The zero-order valence-electron chi connectivity index (χ0n) is 16.4. The lowest BCUT2D eigenvalue weighted by Gasteiger charge is -2.24. The van der Waals surface area contributed by atoms with Gasteiger partial charge in [0.1, 0.15) is 6.04 Å². The zero-order chi connectivity index (χ0) is 19.0. The van der Waals surface area contributed by atoms with Crippen molar-refractivity contribution in [1.82, 2.24) is 14.7 Å². The highest BCUT2D eigenvalue weighted by molar-refractivity contribution is 5.85. The van der Waals surface area contributed by atoms with Gasteiger partial charge in [0, 0.05) is 25.2 Å². The molecule has 1 aliphatic carbocycles. The van der Waals surface area contributed by atoms with E-state index in [1.807, 2.05) is 11.6 Å². The summed E-state index contributed by atoms with van der Waals surface area (Å²) in [4.78, 5) is 26.2. The molecule has 1 saturated carbocycles. The summed E-state index contributed by atoms with van der Waals surface area (Å²) in [6, 6.07) is -0.624. The molecule has 1 aliphatic heterocycles. The Morgan fingerprint density at radius 1 is 1.27 bits per heavy atom. The minimum Gasteiger partial charge on any atom is -0.480 e. The van der Waals surface area contributed by atoms with Gasteiger partial charge in [-0.15, -0.1) is 0 Å². The van der Waals surface area contributed by atoms with E-state index in [-0.39, 0.29) is 11.8 Å². The molecule has 0 radical (unpaired) electrons. The van der Waals surface area contributed by atoms with Crippen LogP contribution in [0, 0.1) is 31.6 Å². The maximum atomic E-state index is 12.8. The number of nitrogens with zero attached hydrogens (tertiary/aromatic N) is 3. The van der Waals surface area contributed by atoms with Gasteiger partial charge >= 0.3 is 5.97 Å². The van der Waals surface area contributed by atoms with Crippen LogP contribution in [0.2, 0.25) is 0 Å². The molecule has 2 fully saturated rings. The van der Waals surface area contributed by atoms with Crippen LogP contribution in [0.15, 0.2) is 0 Å². The van der Waals surface area contributed by atoms with Crippen molar-refractivity contribution in [3.63, 3.8) is 0 Å². The molecular weight excluding hydrogens is 330 g/mol. The van der Waals surface area contributed by atoms with Crippen molar-refractivity contribution >= 4 is 11.9 Å². The minimum absolute atomic E-state index is 0.0257. The van der Waals surface area contributed by atoms with Gasteiger partial charge in [-0.3, -0.25) is 9.48 Å². The molecular formula is C20H31N3O3. The van der Waals surface area contributed by atoms with E-state index in [9.17, 15) is 14.7 Å². The molecule has 3 rings (SSSR count). The van der Waals surface area contributed by atoms with Crippen molar-refractivity contribution in [2.45, 2.75) is 72.4 Å². The van der Waals surface area contributed by atoms with Gasteiger partial charge in [-0.2, -0.15) is 5.10 Å². The first kappa shape index (κ1) is 18.9. The predicted octanol–water partition coefficient (Wildman–Crippen LogP) is 2.80. The second-order valence-corrected chi connectivity index (χ2v) is 8.41. The van der Waals surface area contributed by atoms with E-state index in [4.69, 9.17) is 0 Å². The van der Waals surface area contributed by atoms with Gasteiger partial charge in [-0.05, 0) is 56.4 Å². The number of hydrogen-bond acceptors (Lipinski definition) is 3. The first-order chi connectivity index (χ1) is 12.3. The summed E-state index contributed by atoms with van der Waals surface area (Å²) >= 11 is 0. The Labute approximate surface area is 155 Å². The Balaban J connectivity index is 1.67. The lowest BCUT2D eigenvalue weighted by molar-refractivity contribution is -0.149. The summed E-state index contributed by atoms with van der Waals surface area (Å²) in [5, 5.41) is 14.2. The average Bonchev–Trinajstić information content (AvgIpc) is 3.19. The SMILES string of the molecule is Cc1nn(CC(C)C)c(C)c1CCC(=O)N1CC2CCCC2C1C(=O)O. The molecule has 144 valence electrons. The number of carbonyl (C=O) groups is 2. The molecule has 1 aromatic heterocycles. The smallest absolute Gasteiger partial charge is 0.326 e. The number of hydrogen-bond donors (Lipinski definition) is 1. The third-order valence-electron chi connectivity index (χ3n) is 6.12. The molecule has 6 heteroatoms. The van der Waals surface area contributed by atoms with Gasteiger partial charge < -0.3 is 10.0 Å². The maximum Gasteiger partial charge on any atom is 0.326 e. The van der Waals surface area contributed by atoms with E-state index in [1.54, 1.807) is 4.90 Å². The van der Waals surface area contributed by atoms with Gasteiger partial charge in [0.05, 0.1) is 5.69 Å². The number of rotatable bonds is 6. The zero-order valence-corrected chi connectivity index (χ0v) is 16.4. The van der Waals surface area contributed by atoms with Crippen LogP contribution in [0.5, 0.6) is 0 Å². The molecule has 2 heterocycles. The van der Waals surface area contributed by atoms with Crippen molar-refractivity contribution in [2.24, 2.45) is 17.8 Å². The molecule has 0 bridgehead atoms. The van der Waals surface area contributed by atoms with Crippen molar-refractivity contribution in [3.8, 4) is 0 Å². The van der Waals surface area contributed by atoms with Crippen LogP contribution < -0.4 is 0 Å². The van der Waals surface area contributed by atoms with E-state index < -0.39 is 12.0 Å². The molecule has 0 aromatic carbocycles. The molecule has 1 aromatic rings. The fourth-order valence-electron chi connectivity index (χ4n) is 4.87. The molecule has 1 amide bonds. The van der Waals surface area contributed by atoms with Crippen LogP contribution >= 0.6 is 0 Å². The fourth-order valence-corrected chi connectivity index (χ4v) is 4.87. The van der Waals surface area contributed by atoms with Gasteiger partial charge in [0.2, 0.25) is 5.91 Å². The summed E-state index contributed by atoms with van der Waals surface area (Å²) in [6.07, 6.45) is 4.07. The standard InChI is InChI=1S/C20H31N3O3/c1-12(2)10-23-14(4)16(13(3)21-23)8-9-18(24)22-11-15-6-5-7-17(15)19(22)20(25)26/h12,15,17,19H,5-11H2,1-4H3,(H,25,26). The number of fused-ring (bicyclic) bond motifs is 1. The second-order valence-electron chi connectivity index (χ2n) is 8.41. The largest absolute Gasteiger partial charge is 0.480 e. The Hall–Kier alpha value is -1.85. The Bertz CT molecular complexity index is 695. The van der Waals surface area contributed by atoms with E-state index >= 15 is 0 Å². The molecule has 2 aliphatic rings. The molecule has 3 unspecified atom stereocenters. The number of amides is 1. The average molecular weight is 361 g/mol. The number of likely N-dealkylation sites (tertiary alicyclic amines) is 1. The van der Waals surface area contributed by atoms with Gasteiger partial charge in [-0.1, -0.05) is 20.3 Å². The van der Waals surface area contributed by atoms with Gasteiger partial charge in [0.25, 0.3) is 0 Å². The summed E-state index contributed by atoms with van der Waals surface area (Å²) in [6.45, 7) is 9.86. The van der Waals surface area contributed by atoms with Crippen molar-refractivity contribution < 1.29 is 14.7 Å². The third-order valence-corrected chi connectivity index (χ3v) is 6.12. The van der Waals surface area contributed by atoms with E-state index in [0.717, 1.165) is 42.8 Å². The highest BCUT2D eigenvalue weighted by atomic mass is 16.4. The van der Waals surface area contributed by atoms with Crippen LogP contribution in [0.4, 0.5) is 0 Å².